The molecule has 0 amide bonds. The molecule has 0 heterocycles. The van der Waals surface area contributed by atoms with E-state index in [1.165, 1.54) is 39.0 Å². The number of hydrogen-bond acceptors (Lipinski definition) is 2. The van der Waals surface area contributed by atoms with Gasteiger partial charge >= 0.3 is 0 Å². The SMILES string of the molecule is CC1=CC(O)CC(C)(C)C1/C=C/C(C)=C/C=C/C(C)=C/C=C/C=C(C)\C=C\C=C(C)\C=C\C1=C(C)CC(O)CC1(C)C. The van der Waals surface area contributed by atoms with E-state index in [1.54, 1.807) is 0 Å². The van der Waals surface area contributed by atoms with Crippen molar-refractivity contribution in [1.82, 2.24) is 0 Å². The molecule has 0 saturated heterocycles. The molecule has 2 aliphatic rings. The third-order valence-electron chi connectivity index (χ3n) is 8.33. The Kier molecular flexibility index (Phi) is 13.5. The van der Waals surface area contributed by atoms with Gasteiger partial charge in [-0.05, 0) is 77.2 Å². The Morgan fingerprint density at radius 3 is 1.74 bits per heavy atom. The van der Waals surface area contributed by atoms with Gasteiger partial charge in [0, 0.05) is 5.92 Å². The van der Waals surface area contributed by atoms with Crippen LogP contribution in [-0.2, 0) is 0 Å². The van der Waals surface area contributed by atoms with Crippen LogP contribution in [0, 0.1) is 16.7 Å². The van der Waals surface area contributed by atoms with E-state index in [0.29, 0.717) is 5.92 Å². The highest BCUT2D eigenvalue weighted by molar-refractivity contribution is 5.38. The monoisotopic (exact) mass is 568 g/mol. The number of aliphatic hydroxyl groups is 2. The van der Waals surface area contributed by atoms with E-state index in [0.717, 1.165) is 19.3 Å². The fraction of sp³-hybridized carbons (Fsp3) is 0.450. The van der Waals surface area contributed by atoms with Crippen molar-refractivity contribution in [3.05, 3.63) is 130 Å². The van der Waals surface area contributed by atoms with Crippen LogP contribution < -0.4 is 0 Å². The summed E-state index contributed by atoms with van der Waals surface area (Å²) in [6.45, 7) is 21.6. The minimum absolute atomic E-state index is 0.00528. The second kappa shape index (κ2) is 16.1. The van der Waals surface area contributed by atoms with Gasteiger partial charge in [0.05, 0.1) is 12.2 Å². The smallest absolute Gasteiger partial charge is 0.0729 e. The van der Waals surface area contributed by atoms with Crippen molar-refractivity contribution in [2.45, 2.75) is 101 Å². The highest BCUT2D eigenvalue weighted by Crippen LogP contribution is 2.42. The van der Waals surface area contributed by atoms with Crippen LogP contribution in [0.15, 0.2) is 130 Å². The van der Waals surface area contributed by atoms with E-state index in [1.807, 2.05) is 6.08 Å². The molecule has 2 N–H and O–H groups in total. The lowest BCUT2D eigenvalue weighted by atomic mass is 9.67. The number of rotatable bonds is 10. The summed E-state index contributed by atoms with van der Waals surface area (Å²) in [5.41, 5.74) is 8.73. The van der Waals surface area contributed by atoms with Gasteiger partial charge in [-0.25, -0.2) is 0 Å². The van der Waals surface area contributed by atoms with E-state index >= 15 is 0 Å². The predicted molar refractivity (Wildman–Crippen MR) is 184 cm³/mol. The Balaban J connectivity index is 1.90. The van der Waals surface area contributed by atoms with E-state index in [2.05, 4.69) is 154 Å². The summed E-state index contributed by atoms with van der Waals surface area (Å²) >= 11 is 0. The van der Waals surface area contributed by atoms with Crippen molar-refractivity contribution < 1.29 is 10.2 Å². The maximum Gasteiger partial charge on any atom is 0.0729 e. The molecule has 42 heavy (non-hydrogen) atoms. The Bertz CT molecular complexity index is 1270. The minimum Gasteiger partial charge on any atom is -0.393 e. The molecular formula is C40H56O2. The van der Waals surface area contributed by atoms with Gasteiger partial charge in [0.25, 0.3) is 0 Å². The second-order valence-corrected chi connectivity index (χ2v) is 13.7. The molecule has 0 radical (unpaired) electrons. The fourth-order valence-electron chi connectivity index (χ4n) is 6.14. The Labute approximate surface area is 257 Å². The standard InChI is InChI=1S/C40H56O2/c1-29(17-13-19-31(3)21-23-37-33(5)25-35(41)27-39(37,7)8)15-11-12-16-30(2)18-14-20-32(4)22-24-38-34(6)26-36(42)28-40(38,9)10/h11-25,35-37,41-42H,26-28H2,1-10H3/b12-11+,17-13+,18-14+,23-21+,24-22+,29-15+,30-16-,31-19+,32-20+. The van der Waals surface area contributed by atoms with Crippen LogP contribution >= 0.6 is 0 Å². The van der Waals surface area contributed by atoms with E-state index in [4.69, 9.17) is 0 Å². The second-order valence-electron chi connectivity index (χ2n) is 13.7. The molecule has 0 bridgehead atoms. The normalized spacial score (nSPS) is 26.6. The number of allylic oxidation sites excluding steroid dienone is 20. The topological polar surface area (TPSA) is 40.5 Å². The fourth-order valence-corrected chi connectivity index (χ4v) is 6.14. The van der Waals surface area contributed by atoms with E-state index in [9.17, 15) is 10.2 Å². The summed E-state index contributed by atoms with van der Waals surface area (Å²) in [6.07, 6.45) is 33.8. The molecular weight excluding hydrogens is 512 g/mol. The van der Waals surface area contributed by atoms with E-state index in [-0.39, 0.29) is 23.0 Å². The van der Waals surface area contributed by atoms with Crippen molar-refractivity contribution in [2.24, 2.45) is 16.7 Å². The lowest BCUT2D eigenvalue weighted by Gasteiger charge is -2.38. The van der Waals surface area contributed by atoms with Crippen LogP contribution in [-0.4, -0.2) is 22.4 Å². The molecule has 3 atom stereocenters. The van der Waals surface area contributed by atoms with E-state index < -0.39 is 0 Å². The zero-order valence-corrected chi connectivity index (χ0v) is 27.9. The summed E-state index contributed by atoms with van der Waals surface area (Å²) in [5.74, 6) is 0.348. The third-order valence-corrected chi connectivity index (χ3v) is 8.33. The van der Waals surface area contributed by atoms with Gasteiger partial charge in [-0.1, -0.05) is 152 Å². The maximum absolute atomic E-state index is 10.1. The Hall–Kier alpha value is -2.94. The molecule has 2 rings (SSSR count). The highest BCUT2D eigenvalue weighted by Gasteiger charge is 2.34. The molecule has 2 heteroatoms. The van der Waals surface area contributed by atoms with Crippen LogP contribution in [0.1, 0.15) is 88.5 Å². The Morgan fingerprint density at radius 1 is 0.714 bits per heavy atom. The van der Waals surface area contributed by atoms with Crippen molar-refractivity contribution in [3.63, 3.8) is 0 Å². The van der Waals surface area contributed by atoms with Gasteiger partial charge in [-0.15, -0.1) is 0 Å². The van der Waals surface area contributed by atoms with Crippen LogP contribution in [0.5, 0.6) is 0 Å². The molecule has 0 aromatic carbocycles. The first-order valence-electron chi connectivity index (χ1n) is 15.4. The van der Waals surface area contributed by atoms with Crippen LogP contribution in [0.4, 0.5) is 0 Å². The average Bonchev–Trinajstić information content (AvgIpc) is 2.84. The molecule has 2 aliphatic carbocycles. The molecule has 0 fully saturated rings. The summed E-state index contributed by atoms with van der Waals surface area (Å²) in [4.78, 5) is 0. The van der Waals surface area contributed by atoms with Gasteiger partial charge in [0.15, 0.2) is 0 Å². The zero-order chi connectivity index (χ0) is 31.5. The Morgan fingerprint density at radius 2 is 1.21 bits per heavy atom. The first-order valence-corrected chi connectivity index (χ1v) is 15.4. The van der Waals surface area contributed by atoms with Crippen molar-refractivity contribution in [3.8, 4) is 0 Å². The van der Waals surface area contributed by atoms with Crippen molar-refractivity contribution >= 4 is 0 Å². The van der Waals surface area contributed by atoms with Gasteiger partial charge in [-0.2, -0.15) is 0 Å². The van der Waals surface area contributed by atoms with Crippen LogP contribution in [0.3, 0.4) is 0 Å². The van der Waals surface area contributed by atoms with Crippen LogP contribution in [0.25, 0.3) is 0 Å². The van der Waals surface area contributed by atoms with Gasteiger partial charge < -0.3 is 10.2 Å². The van der Waals surface area contributed by atoms with Gasteiger partial charge in [-0.3, -0.25) is 0 Å². The lowest BCUT2D eigenvalue weighted by Crippen LogP contribution is -2.32. The number of hydrogen-bond donors (Lipinski definition) is 2. The molecule has 2 nitrogen and oxygen atoms in total. The summed E-state index contributed by atoms with van der Waals surface area (Å²) < 4.78 is 0. The first-order chi connectivity index (χ1) is 19.6. The summed E-state index contributed by atoms with van der Waals surface area (Å²) in [6, 6.07) is 0. The minimum atomic E-state index is -0.331. The molecule has 0 saturated carbocycles. The lowest BCUT2D eigenvalue weighted by molar-refractivity contribution is 0.116. The molecule has 228 valence electrons. The van der Waals surface area contributed by atoms with Crippen LogP contribution in [0.2, 0.25) is 0 Å². The predicted octanol–water partition coefficient (Wildman–Crippen LogP) is 10.4. The van der Waals surface area contributed by atoms with Crippen molar-refractivity contribution in [1.29, 1.82) is 0 Å². The summed E-state index contributed by atoms with van der Waals surface area (Å²) in [5, 5.41) is 20.2. The highest BCUT2D eigenvalue weighted by atomic mass is 16.3. The molecule has 0 aromatic rings. The molecule has 0 aliphatic heterocycles. The third kappa shape index (κ3) is 11.7. The zero-order valence-electron chi connectivity index (χ0n) is 27.9. The average molecular weight is 569 g/mol. The molecule has 3 unspecified atom stereocenters. The molecule has 0 aromatic heterocycles. The largest absolute Gasteiger partial charge is 0.393 e. The molecule has 0 spiro atoms. The number of aliphatic hydroxyl groups excluding tert-OH is 2. The summed E-state index contributed by atoms with van der Waals surface area (Å²) in [7, 11) is 0. The first kappa shape index (κ1) is 35.3. The maximum atomic E-state index is 10.1. The van der Waals surface area contributed by atoms with Gasteiger partial charge in [0.2, 0.25) is 0 Å². The quantitative estimate of drug-likeness (QED) is 0.203. The van der Waals surface area contributed by atoms with Gasteiger partial charge in [0.1, 0.15) is 0 Å². The van der Waals surface area contributed by atoms with Crippen molar-refractivity contribution in [2.75, 3.05) is 0 Å².